The zero-order valence-electron chi connectivity index (χ0n) is 15.5. The van der Waals surface area contributed by atoms with E-state index in [1.165, 1.54) is 18.9 Å². The smallest absolute Gasteiger partial charge is 0.191 e. The molecule has 1 saturated carbocycles. The standard InChI is InChI=1S/C20H29FN4O/c1-2-22-20(23-9-3-11-26-14-15-4-5-15)24-10-8-16-13-25-19-7-6-17(21)12-18(16)19/h6-7,12-13,15,25H,2-5,8-11,14H2,1H3,(H2,22,23,24). The zero-order chi connectivity index (χ0) is 18.2. The molecule has 0 spiro atoms. The van der Waals surface area contributed by atoms with Gasteiger partial charge in [-0.25, -0.2) is 4.39 Å². The lowest BCUT2D eigenvalue weighted by Crippen LogP contribution is -2.38. The maximum Gasteiger partial charge on any atom is 0.191 e. The molecule has 1 fully saturated rings. The monoisotopic (exact) mass is 360 g/mol. The summed E-state index contributed by atoms with van der Waals surface area (Å²) in [5.41, 5.74) is 2.07. The van der Waals surface area contributed by atoms with Crippen molar-refractivity contribution in [3.05, 3.63) is 35.8 Å². The summed E-state index contributed by atoms with van der Waals surface area (Å²) in [5, 5.41) is 7.55. The first-order valence-corrected chi connectivity index (χ1v) is 9.61. The number of ether oxygens (including phenoxy) is 1. The van der Waals surface area contributed by atoms with Gasteiger partial charge in [-0.05, 0) is 62.3 Å². The molecule has 6 heteroatoms. The minimum atomic E-state index is -0.204. The summed E-state index contributed by atoms with van der Waals surface area (Å²) in [7, 11) is 0. The highest BCUT2D eigenvalue weighted by Gasteiger charge is 2.20. The van der Waals surface area contributed by atoms with Gasteiger partial charge >= 0.3 is 0 Å². The molecule has 26 heavy (non-hydrogen) atoms. The number of aromatic amines is 1. The molecule has 0 amide bonds. The number of fused-ring (bicyclic) bond motifs is 1. The molecule has 1 aromatic heterocycles. The molecule has 0 radical (unpaired) electrons. The van der Waals surface area contributed by atoms with E-state index in [0.717, 1.165) is 74.0 Å². The molecule has 0 bridgehead atoms. The summed E-state index contributed by atoms with van der Waals surface area (Å²) in [6.07, 6.45) is 6.35. The highest BCUT2D eigenvalue weighted by atomic mass is 19.1. The van der Waals surface area contributed by atoms with Crippen LogP contribution >= 0.6 is 0 Å². The number of aromatic nitrogens is 1. The summed E-state index contributed by atoms with van der Waals surface area (Å²) in [6.45, 7) is 6.06. The van der Waals surface area contributed by atoms with E-state index in [1.807, 2.05) is 6.20 Å². The molecule has 1 aliphatic rings. The van der Waals surface area contributed by atoms with Gasteiger partial charge in [0.2, 0.25) is 0 Å². The van der Waals surface area contributed by atoms with Gasteiger partial charge in [-0.15, -0.1) is 0 Å². The van der Waals surface area contributed by atoms with Gasteiger partial charge in [-0.1, -0.05) is 0 Å². The summed E-state index contributed by atoms with van der Waals surface area (Å²) in [4.78, 5) is 7.78. The van der Waals surface area contributed by atoms with Gasteiger partial charge < -0.3 is 20.4 Å². The number of rotatable bonds is 10. The van der Waals surface area contributed by atoms with Crippen molar-refractivity contribution in [3.8, 4) is 0 Å². The van der Waals surface area contributed by atoms with Gasteiger partial charge in [-0.3, -0.25) is 4.99 Å². The summed E-state index contributed by atoms with van der Waals surface area (Å²) < 4.78 is 19.1. The number of aliphatic imine (C=N–C) groups is 1. The maximum absolute atomic E-state index is 13.5. The molecule has 1 heterocycles. The van der Waals surface area contributed by atoms with Gasteiger partial charge in [-0.2, -0.15) is 0 Å². The zero-order valence-corrected chi connectivity index (χ0v) is 15.5. The van der Waals surface area contributed by atoms with Crippen LogP contribution in [0.1, 0.15) is 31.7 Å². The molecular formula is C20H29FN4O. The molecule has 0 aliphatic heterocycles. The predicted octanol–water partition coefficient (Wildman–Crippen LogP) is 3.22. The molecule has 0 saturated heterocycles. The van der Waals surface area contributed by atoms with Crippen LogP contribution in [0.25, 0.3) is 10.9 Å². The predicted molar refractivity (Wildman–Crippen MR) is 104 cm³/mol. The molecule has 1 aliphatic carbocycles. The molecule has 2 aromatic rings. The highest BCUT2D eigenvalue weighted by Crippen LogP contribution is 2.28. The molecule has 0 unspecified atom stereocenters. The van der Waals surface area contributed by atoms with E-state index < -0.39 is 0 Å². The van der Waals surface area contributed by atoms with Crippen LogP contribution < -0.4 is 10.6 Å². The second-order valence-electron chi connectivity index (χ2n) is 6.81. The van der Waals surface area contributed by atoms with Crippen LogP contribution in [0.5, 0.6) is 0 Å². The number of guanidine groups is 1. The van der Waals surface area contributed by atoms with Crippen LogP contribution in [-0.4, -0.2) is 43.8 Å². The fraction of sp³-hybridized carbons (Fsp3) is 0.550. The van der Waals surface area contributed by atoms with Crippen molar-refractivity contribution in [3.63, 3.8) is 0 Å². The van der Waals surface area contributed by atoms with Gasteiger partial charge in [0, 0.05) is 49.9 Å². The summed E-state index contributed by atoms with van der Waals surface area (Å²) >= 11 is 0. The highest BCUT2D eigenvalue weighted by molar-refractivity contribution is 5.83. The van der Waals surface area contributed by atoms with Gasteiger partial charge in [0.25, 0.3) is 0 Å². The Morgan fingerprint density at radius 3 is 3.04 bits per heavy atom. The van der Waals surface area contributed by atoms with E-state index >= 15 is 0 Å². The topological polar surface area (TPSA) is 61.4 Å². The summed E-state index contributed by atoms with van der Waals surface area (Å²) in [6, 6.07) is 4.84. The average Bonchev–Trinajstić information content (AvgIpc) is 3.38. The Bertz CT molecular complexity index is 724. The van der Waals surface area contributed by atoms with E-state index in [-0.39, 0.29) is 5.82 Å². The van der Waals surface area contributed by atoms with Gasteiger partial charge in [0.1, 0.15) is 5.82 Å². The third-order valence-electron chi connectivity index (χ3n) is 4.53. The first kappa shape index (κ1) is 18.7. The lowest BCUT2D eigenvalue weighted by Gasteiger charge is -2.11. The van der Waals surface area contributed by atoms with Crippen LogP contribution in [0, 0.1) is 11.7 Å². The minimum Gasteiger partial charge on any atom is -0.381 e. The number of H-pyrrole nitrogens is 1. The van der Waals surface area contributed by atoms with E-state index in [2.05, 4.69) is 27.5 Å². The molecule has 5 nitrogen and oxygen atoms in total. The number of hydrogen-bond acceptors (Lipinski definition) is 2. The van der Waals surface area contributed by atoms with Crippen LogP contribution in [-0.2, 0) is 11.2 Å². The number of hydrogen-bond donors (Lipinski definition) is 3. The number of benzene rings is 1. The third kappa shape index (κ3) is 5.73. The second kappa shape index (κ2) is 9.57. The van der Waals surface area contributed by atoms with Crippen molar-refractivity contribution < 1.29 is 9.13 Å². The average molecular weight is 360 g/mol. The van der Waals surface area contributed by atoms with Crippen molar-refractivity contribution in [2.45, 2.75) is 32.6 Å². The van der Waals surface area contributed by atoms with Crippen molar-refractivity contribution in [1.29, 1.82) is 0 Å². The largest absolute Gasteiger partial charge is 0.381 e. The van der Waals surface area contributed by atoms with Gasteiger partial charge in [0.15, 0.2) is 5.96 Å². The lowest BCUT2D eigenvalue weighted by molar-refractivity contribution is 0.123. The molecule has 3 N–H and O–H groups in total. The lowest BCUT2D eigenvalue weighted by atomic mass is 10.1. The summed E-state index contributed by atoms with van der Waals surface area (Å²) in [5.74, 6) is 1.43. The SMILES string of the molecule is CCNC(=NCCCOCC1CC1)NCCc1c[nH]c2ccc(F)cc12. The van der Waals surface area contributed by atoms with Crippen LogP contribution in [0.4, 0.5) is 4.39 Å². The number of nitrogens with one attached hydrogen (secondary N) is 3. The second-order valence-corrected chi connectivity index (χ2v) is 6.81. The third-order valence-corrected chi connectivity index (χ3v) is 4.53. The Morgan fingerprint density at radius 1 is 1.35 bits per heavy atom. The Kier molecular flexibility index (Phi) is 6.89. The first-order chi connectivity index (χ1) is 12.8. The van der Waals surface area contributed by atoms with Gasteiger partial charge in [0.05, 0.1) is 0 Å². The fourth-order valence-corrected chi connectivity index (χ4v) is 2.91. The Hall–Kier alpha value is -2.08. The van der Waals surface area contributed by atoms with E-state index in [1.54, 1.807) is 12.1 Å². The quantitative estimate of drug-likeness (QED) is 0.346. The van der Waals surface area contributed by atoms with E-state index in [4.69, 9.17) is 4.74 Å². The molecule has 3 rings (SSSR count). The normalized spacial score (nSPS) is 14.8. The Morgan fingerprint density at radius 2 is 2.23 bits per heavy atom. The van der Waals surface area contributed by atoms with Crippen LogP contribution in [0.3, 0.4) is 0 Å². The van der Waals surface area contributed by atoms with Crippen LogP contribution in [0.15, 0.2) is 29.4 Å². The molecule has 1 aromatic carbocycles. The molecule has 142 valence electrons. The van der Waals surface area contributed by atoms with Crippen molar-refractivity contribution >= 4 is 16.9 Å². The Balaban J connectivity index is 1.41. The number of halogens is 1. The van der Waals surface area contributed by atoms with Crippen molar-refractivity contribution in [1.82, 2.24) is 15.6 Å². The fourth-order valence-electron chi connectivity index (χ4n) is 2.91. The van der Waals surface area contributed by atoms with Crippen molar-refractivity contribution in [2.75, 3.05) is 32.8 Å². The Labute approximate surface area is 154 Å². The van der Waals surface area contributed by atoms with E-state index in [0.29, 0.717) is 0 Å². The molecule has 0 atom stereocenters. The van der Waals surface area contributed by atoms with E-state index in [9.17, 15) is 4.39 Å². The number of nitrogens with zero attached hydrogens (tertiary/aromatic N) is 1. The first-order valence-electron chi connectivity index (χ1n) is 9.61. The van der Waals surface area contributed by atoms with Crippen molar-refractivity contribution in [2.24, 2.45) is 10.9 Å². The van der Waals surface area contributed by atoms with Crippen LogP contribution in [0.2, 0.25) is 0 Å². The molecular weight excluding hydrogens is 331 g/mol. The maximum atomic E-state index is 13.5. The minimum absolute atomic E-state index is 0.204.